The molecule has 0 saturated carbocycles. The van der Waals surface area contributed by atoms with Gasteiger partial charge in [-0.2, -0.15) is 9.61 Å². The van der Waals surface area contributed by atoms with Crippen molar-refractivity contribution in [3.05, 3.63) is 40.5 Å². The number of fused-ring (bicyclic) bond motifs is 1. The topological polar surface area (TPSA) is 85.6 Å². The molecule has 1 aromatic carbocycles. The summed E-state index contributed by atoms with van der Waals surface area (Å²) in [5.41, 5.74) is 1.28. The van der Waals surface area contributed by atoms with Crippen molar-refractivity contribution in [1.29, 1.82) is 0 Å². The van der Waals surface area contributed by atoms with Crippen molar-refractivity contribution in [3.8, 4) is 5.75 Å². The van der Waals surface area contributed by atoms with E-state index in [2.05, 4.69) is 14.8 Å². The van der Waals surface area contributed by atoms with E-state index in [4.69, 9.17) is 4.74 Å². The molecule has 0 atom stereocenters. The lowest BCUT2D eigenvalue weighted by Gasteiger charge is -2.10. The molecule has 0 radical (unpaired) electrons. The minimum atomic E-state index is -3.72. The number of rotatable bonds is 6. The molecule has 134 valence electrons. The van der Waals surface area contributed by atoms with Crippen LogP contribution >= 0.6 is 11.3 Å². The summed E-state index contributed by atoms with van der Waals surface area (Å²) in [7, 11) is -3.72. The first-order chi connectivity index (χ1) is 11.8. The zero-order valence-electron chi connectivity index (χ0n) is 14.5. The Labute approximate surface area is 150 Å². The first kappa shape index (κ1) is 17.8. The third-order valence-corrected chi connectivity index (χ3v) is 5.77. The van der Waals surface area contributed by atoms with E-state index in [9.17, 15) is 8.42 Å². The molecule has 0 aliphatic heterocycles. The molecule has 0 aliphatic rings. The van der Waals surface area contributed by atoms with Gasteiger partial charge in [-0.3, -0.25) is 0 Å². The number of sulfonamides is 1. The van der Waals surface area contributed by atoms with E-state index in [0.29, 0.717) is 10.7 Å². The fourth-order valence-corrected chi connectivity index (χ4v) is 4.57. The van der Waals surface area contributed by atoms with Crippen LogP contribution in [-0.4, -0.2) is 29.1 Å². The van der Waals surface area contributed by atoms with Gasteiger partial charge in [-0.25, -0.2) is 18.1 Å². The summed E-state index contributed by atoms with van der Waals surface area (Å²) in [4.78, 5) is 4.85. The van der Waals surface area contributed by atoms with Crippen LogP contribution in [0.3, 0.4) is 0 Å². The second kappa shape index (κ2) is 6.74. The molecule has 0 spiro atoms. The molecule has 3 aromatic rings. The van der Waals surface area contributed by atoms with Gasteiger partial charge >= 0.3 is 0 Å². The number of ether oxygens (including phenoxy) is 1. The maximum Gasteiger partial charge on any atom is 0.260 e. The summed E-state index contributed by atoms with van der Waals surface area (Å²) in [5.74, 6) is 0.757. The minimum Gasteiger partial charge on any atom is -0.491 e. The maximum atomic E-state index is 12.7. The zero-order valence-corrected chi connectivity index (χ0v) is 16.1. The molecular weight excluding hydrogens is 360 g/mol. The average Bonchev–Trinajstić information content (AvgIpc) is 3.00. The number of hydrogen-bond donors (Lipinski definition) is 1. The summed E-state index contributed by atoms with van der Waals surface area (Å²) in [5, 5.41) is 5.08. The van der Waals surface area contributed by atoms with Gasteiger partial charge in [0, 0.05) is 6.54 Å². The summed E-state index contributed by atoms with van der Waals surface area (Å²) in [6.07, 6.45) is 0.0955. The highest BCUT2D eigenvalue weighted by molar-refractivity contribution is 7.89. The molecule has 0 aliphatic carbocycles. The molecule has 0 saturated heterocycles. The third kappa shape index (κ3) is 3.83. The number of nitrogens with one attached hydrogen (secondary N) is 1. The standard InChI is InChI=1S/C16H20N4O3S2/c1-10(2)23-14-7-5-13(6-8-14)9-17-25(21,22)15-11(3)18-16-20(15)19-12(4)24-16/h5-8,10,17H,9H2,1-4H3. The number of benzene rings is 1. The van der Waals surface area contributed by atoms with Gasteiger partial charge in [-0.15, -0.1) is 0 Å². The van der Waals surface area contributed by atoms with Gasteiger partial charge in [0.15, 0.2) is 5.03 Å². The van der Waals surface area contributed by atoms with E-state index < -0.39 is 10.0 Å². The smallest absolute Gasteiger partial charge is 0.260 e. The third-order valence-electron chi connectivity index (χ3n) is 3.44. The Morgan fingerprint density at radius 2 is 1.92 bits per heavy atom. The quantitative estimate of drug-likeness (QED) is 0.711. The Morgan fingerprint density at radius 3 is 2.56 bits per heavy atom. The Hall–Kier alpha value is -1.97. The van der Waals surface area contributed by atoms with Gasteiger partial charge < -0.3 is 4.74 Å². The number of nitrogens with zero attached hydrogens (tertiary/aromatic N) is 3. The van der Waals surface area contributed by atoms with Crippen LogP contribution in [-0.2, 0) is 16.6 Å². The predicted molar refractivity (Wildman–Crippen MR) is 96.6 cm³/mol. The Morgan fingerprint density at radius 1 is 1.24 bits per heavy atom. The number of aryl methyl sites for hydroxylation is 2. The van der Waals surface area contributed by atoms with E-state index in [-0.39, 0.29) is 17.7 Å². The number of hydrogen-bond acceptors (Lipinski definition) is 6. The Bertz CT molecular complexity index is 988. The molecule has 0 unspecified atom stereocenters. The van der Waals surface area contributed by atoms with E-state index in [1.54, 1.807) is 6.92 Å². The molecule has 3 rings (SSSR count). The normalized spacial score (nSPS) is 12.2. The van der Waals surface area contributed by atoms with Crippen molar-refractivity contribution < 1.29 is 13.2 Å². The summed E-state index contributed by atoms with van der Waals surface area (Å²) >= 11 is 1.36. The molecule has 7 nitrogen and oxygen atoms in total. The van der Waals surface area contributed by atoms with Crippen LogP contribution in [0.25, 0.3) is 4.96 Å². The lowest BCUT2D eigenvalue weighted by atomic mass is 10.2. The van der Waals surface area contributed by atoms with Crippen molar-refractivity contribution >= 4 is 26.3 Å². The van der Waals surface area contributed by atoms with Crippen LogP contribution < -0.4 is 9.46 Å². The Kier molecular flexibility index (Phi) is 4.81. The highest BCUT2D eigenvalue weighted by atomic mass is 32.2. The van der Waals surface area contributed by atoms with Gasteiger partial charge in [0.1, 0.15) is 10.8 Å². The second-order valence-electron chi connectivity index (χ2n) is 5.95. The lowest BCUT2D eigenvalue weighted by Crippen LogP contribution is -2.25. The van der Waals surface area contributed by atoms with Crippen LogP contribution in [0.2, 0.25) is 0 Å². The highest BCUT2D eigenvalue weighted by Gasteiger charge is 2.25. The van der Waals surface area contributed by atoms with E-state index in [1.165, 1.54) is 15.9 Å². The second-order valence-corrected chi connectivity index (χ2v) is 8.80. The average molecular weight is 380 g/mol. The van der Waals surface area contributed by atoms with E-state index in [0.717, 1.165) is 16.3 Å². The summed E-state index contributed by atoms with van der Waals surface area (Å²) in [6.45, 7) is 7.58. The molecule has 1 N–H and O–H groups in total. The van der Waals surface area contributed by atoms with Crippen molar-refractivity contribution in [2.75, 3.05) is 0 Å². The van der Waals surface area contributed by atoms with Crippen LogP contribution in [0.15, 0.2) is 29.3 Å². The number of imidazole rings is 1. The van der Waals surface area contributed by atoms with Crippen molar-refractivity contribution in [1.82, 2.24) is 19.3 Å². The molecule has 9 heteroatoms. The molecule has 25 heavy (non-hydrogen) atoms. The van der Waals surface area contributed by atoms with Crippen LogP contribution in [0, 0.1) is 13.8 Å². The van der Waals surface area contributed by atoms with Gasteiger partial charge in [-0.1, -0.05) is 23.5 Å². The molecule has 0 bridgehead atoms. The molecular formula is C16H20N4O3S2. The summed E-state index contributed by atoms with van der Waals surface area (Å²) < 4.78 is 35.0. The minimum absolute atomic E-state index is 0.0895. The van der Waals surface area contributed by atoms with Crippen molar-refractivity contribution in [2.24, 2.45) is 0 Å². The lowest BCUT2D eigenvalue weighted by molar-refractivity contribution is 0.242. The number of aromatic nitrogens is 3. The fourth-order valence-electron chi connectivity index (χ4n) is 2.44. The predicted octanol–water partition coefficient (Wildman–Crippen LogP) is 2.67. The fraction of sp³-hybridized carbons (Fsp3) is 0.375. The molecule has 0 fully saturated rings. The Balaban J connectivity index is 1.78. The van der Waals surface area contributed by atoms with Crippen molar-refractivity contribution in [3.63, 3.8) is 0 Å². The van der Waals surface area contributed by atoms with Crippen LogP contribution in [0.5, 0.6) is 5.75 Å². The monoisotopic (exact) mass is 380 g/mol. The van der Waals surface area contributed by atoms with E-state index >= 15 is 0 Å². The van der Waals surface area contributed by atoms with Gasteiger partial charge in [0.25, 0.3) is 10.0 Å². The SMILES string of the molecule is Cc1nn2c(S(=O)(=O)NCc3ccc(OC(C)C)cc3)c(C)nc2s1. The first-order valence-corrected chi connectivity index (χ1v) is 10.1. The highest BCUT2D eigenvalue weighted by Crippen LogP contribution is 2.22. The van der Waals surface area contributed by atoms with Gasteiger partial charge in [0.2, 0.25) is 4.96 Å². The van der Waals surface area contributed by atoms with Gasteiger partial charge in [0.05, 0.1) is 11.8 Å². The van der Waals surface area contributed by atoms with Gasteiger partial charge in [-0.05, 0) is 45.4 Å². The summed E-state index contributed by atoms with van der Waals surface area (Å²) in [6, 6.07) is 7.34. The van der Waals surface area contributed by atoms with Crippen LogP contribution in [0.1, 0.15) is 30.1 Å². The molecule has 2 heterocycles. The zero-order chi connectivity index (χ0) is 18.2. The first-order valence-electron chi connectivity index (χ1n) is 7.84. The molecule has 0 amide bonds. The van der Waals surface area contributed by atoms with E-state index in [1.807, 2.05) is 45.0 Å². The maximum absolute atomic E-state index is 12.7. The van der Waals surface area contributed by atoms with Crippen molar-refractivity contribution in [2.45, 2.75) is 45.4 Å². The van der Waals surface area contributed by atoms with Crippen LogP contribution in [0.4, 0.5) is 0 Å². The largest absolute Gasteiger partial charge is 0.491 e. The molecule has 2 aromatic heterocycles.